The van der Waals surface area contributed by atoms with Crippen molar-refractivity contribution in [2.24, 2.45) is 0 Å². The first-order valence-electron chi connectivity index (χ1n) is 9.94. The summed E-state index contributed by atoms with van der Waals surface area (Å²) in [5.41, 5.74) is 4.11. The molecule has 1 aliphatic rings. The maximum Gasteiger partial charge on any atom is 0.235 e. The van der Waals surface area contributed by atoms with E-state index >= 15 is 0 Å². The zero-order valence-electron chi connectivity index (χ0n) is 17.4. The number of anilines is 1. The van der Waals surface area contributed by atoms with Crippen LogP contribution in [-0.2, 0) is 22.6 Å². The number of ether oxygens (including phenoxy) is 1. The Hall–Kier alpha value is -2.62. The predicted molar refractivity (Wildman–Crippen MR) is 124 cm³/mol. The Bertz CT molecular complexity index is 1300. The third-order valence-electron chi connectivity index (χ3n) is 5.27. The number of amides is 1. The van der Waals surface area contributed by atoms with Crippen LogP contribution in [0.5, 0.6) is 0 Å². The molecule has 5 rings (SSSR count). The Morgan fingerprint density at radius 3 is 2.94 bits per heavy atom. The Labute approximate surface area is 187 Å². The molecule has 4 aromatic heterocycles. The lowest BCUT2D eigenvalue weighted by Gasteiger charge is -2.32. The molecule has 0 atom stereocenters. The number of pyridine rings is 2. The molecule has 0 radical (unpaired) electrons. The van der Waals surface area contributed by atoms with Gasteiger partial charge in [-0.15, -0.1) is 11.3 Å². The molecule has 158 valence electrons. The summed E-state index contributed by atoms with van der Waals surface area (Å²) in [5, 5.41) is 4.70. The fourth-order valence-corrected chi connectivity index (χ4v) is 5.88. The highest BCUT2D eigenvalue weighted by Gasteiger charge is 2.31. The zero-order chi connectivity index (χ0) is 21.6. The van der Waals surface area contributed by atoms with E-state index in [4.69, 9.17) is 9.72 Å². The standard InChI is InChI=1S/C22H21N5O2S2/c1-12-14-9-29-22(2,3)8-13(14)17-18-19(31-20(17)26-12)21(25-11-24-18)30-10-16(28)27-15-6-4-5-7-23-15/h4-7,11H,8-10H2,1-3H3,(H,23,27,28). The topological polar surface area (TPSA) is 89.9 Å². The van der Waals surface area contributed by atoms with Gasteiger partial charge in [-0.1, -0.05) is 17.8 Å². The number of hydrogen-bond acceptors (Lipinski definition) is 8. The van der Waals surface area contributed by atoms with Gasteiger partial charge in [-0.3, -0.25) is 4.79 Å². The quantitative estimate of drug-likeness (QED) is 0.360. The van der Waals surface area contributed by atoms with Crippen LogP contribution in [0.2, 0.25) is 0 Å². The summed E-state index contributed by atoms with van der Waals surface area (Å²) >= 11 is 2.99. The molecule has 0 fully saturated rings. The highest BCUT2D eigenvalue weighted by atomic mass is 32.2. The van der Waals surface area contributed by atoms with Gasteiger partial charge in [0.1, 0.15) is 22.0 Å². The molecule has 1 N–H and O–H groups in total. The third kappa shape index (κ3) is 3.88. The largest absolute Gasteiger partial charge is 0.370 e. The molecule has 0 saturated carbocycles. The first-order valence-corrected chi connectivity index (χ1v) is 11.7. The minimum atomic E-state index is -0.226. The van der Waals surface area contributed by atoms with Gasteiger partial charge < -0.3 is 10.1 Å². The van der Waals surface area contributed by atoms with Crippen molar-refractivity contribution in [3.8, 4) is 0 Å². The van der Waals surface area contributed by atoms with Crippen LogP contribution < -0.4 is 5.32 Å². The molecule has 7 nitrogen and oxygen atoms in total. The molecule has 0 unspecified atom stereocenters. The first-order chi connectivity index (χ1) is 14.9. The average molecular weight is 452 g/mol. The van der Waals surface area contributed by atoms with E-state index in [0.29, 0.717) is 12.4 Å². The maximum atomic E-state index is 12.4. The molecule has 0 saturated heterocycles. The second kappa shape index (κ2) is 7.81. The summed E-state index contributed by atoms with van der Waals surface area (Å²) in [6.45, 7) is 6.83. The number of nitrogens with zero attached hydrogens (tertiary/aromatic N) is 4. The summed E-state index contributed by atoms with van der Waals surface area (Å²) in [5.74, 6) is 0.656. The van der Waals surface area contributed by atoms with Gasteiger partial charge in [-0.2, -0.15) is 0 Å². The molecule has 1 amide bonds. The van der Waals surface area contributed by atoms with E-state index in [1.165, 1.54) is 17.3 Å². The van der Waals surface area contributed by atoms with E-state index in [1.54, 1.807) is 29.9 Å². The number of carbonyl (C=O) groups is 1. The average Bonchev–Trinajstić information content (AvgIpc) is 3.11. The number of aromatic nitrogens is 4. The van der Waals surface area contributed by atoms with Gasteiger partial charge in [-0.25, -0.2) is 19.9 Å². The summed E-state index contributed by atoms with van der Waals surface area (Å²) < 4.78 is 6.99. The number of nitrogens with one attached hydrogen (secondary N) is 1. The lowest BCUT2D eigenvalue weighted by atomic mass is 9.89. The highest BCUT2D eigenvalue weighted by molar-refractivity contribution is 8.00. The van der Waals surface area contributed by atoms with Crippen molar-refractivity contribution in [3.63, 3.8) is 0 Å². The maximum absolute atomic E-state index is 12.4. The van der Waals surface area contributed by atoms with E-state index in [-0.39, 0.29) is 17.3 Å². The number of hydrogen-bond donors (Lipinski definition) is 1. The summed E-state index contributed by atoms with van der Waals surface area (Å²) in [4.78, 5) is 31.4. The summed E-state index contributed by atoms with van der Waals surface area (Å²) in [6.07, 6.45) is 4.03. The molecule has 5 heterocycles. The smallest absolute Gasteiger partial charge is 0.235 e. The van der Waals surface area contributed by atoms with Gasteiger partial charge >= 0.3 is 0 Å². The fraction of sp³-hybridized carbons (Fsp3) is 0.318. The Balaban J connectivity index is 1.50. The van der Waals surface area contributed by atoms with Gasteiger partial charge in [0.25, 0.3) is 0 Å². The Morgan fingerprint density at radius 1 is 1.26 bits per heavy atom. The Morgan fingerprint density at radius 2 is 2.13 bits per heavy atom. The number of thiophene rings is 1. The van der Waals surface area contributed by atoms with Crippen LogP contribution in [0.25, 0.3) is 20.4 Å². The molecule has 1 aliphatic heterocycles. The fourth-order valence-electron chi connectivity index (χ4n) is 3.80. The minimum absolute atomic E-state index is 0.123. The van der Waals surface area contributed by atoms with E-state index in [0.717, 1.165) is 43.1 Å². The predicted octanol–water partition coefficient (Wildman–Crippen LogP) is 4.53. The second-order valence-electron chi connectivity index (χ2n) is 8.07. The minimum Gasteiger partial charge on any atom is -0.370 e. The summed E-state index contributed by atoms with van der Waals surface area (Å²) in [6, 6.07) is 5.41. The van der Waals surface area contributed by atoms with Crippen molar-refractivity contribution in [2.75, 3.05) is 11.1 Å². The molecule has 31 heavy (non-hydrogen) atoms. The normalized spacial score (nSPS) is 15.2. The monoisotopic (exact) mass is 451 g/mol. The van der Waals surface area contributed by atoms with Crippen molar-refractivity contribution >= 4 is 55.3 Å². The molecule has 9 heteroatoms. The van der Waals surface area contributed by atoms with Crippen LogP contribution in [0.3, 0.4) is 0 Å². The highest BCUT2D eigenvalue weighted by Crippen LogP contribution is 2.42. The first kappa shape index (κ1) is 20.3. The Kier molecular flexibility index (Phi) is 5.11. The van der Waals surface area contributed by atoms with E-state index < -0.39 is 0 Å². The van der Waals surface area contributed by atoms with Crippen molar-refractivity contribution in [1.82, 2.24) is 19.9 Å². The van der Waals surface area contributed by atoms with Crippen LogP contribution in [0.15, 0.2) is 35.7 Å². The van der Waals surface area contributed by atoms with Crippen molar-refractivity contribution in [2.45, 2.75) is 44.4 Å². The molecule has 0 bridgehead atoms. The van der Waals surface area contributed by atoms with Crippen LogP contribution in [0.1, 0.15) is 30.7 Å². The summed E-state index contributed by atoms with van der Waals surface area (Å²) in [7, 11) is 0. The molecular weight excluding hydrogens is 430 g/mol. The van der Waals surface area contributed by atoms with Gasteiger partial charge in [0.15, 0.2) is 0 Å². The van der Waals surface area contributed by atoms with Crippen LogP contribution in [0, 0.1) is 6.92 Å². The SMILES string of the molecule is Cc1nc2sc3c(SCC(=O)Nc4ccccn4)ncnc3c2c2c1COC(C)(C)C2. The molecule has 0 spiro atoms. The lowest BCUT2D eigenvalue weighted by Crippen LogP contribution is -2.32. The zero-order valence-corrected chi connectivity index (χ0v) is 19.1. The molecule has 4 aromatic rings. The van der Waals surface area contributed by atoms with Gasteiger partial charge in [-0.05, 0) is 38.5 Å². The molecule has 0 aromatic carbocycles. The second-order valence-corrected chi connectivity index (χ2v) is 10.0. The lowest BCUT2D eigenvalue weighted by molar-refractivity contribution is -0.113. The van der Waals surface area contributed by atoms with E-state index in [2.05, 4.69) is 34.1 Å². The van der Waals surface area contributed by atoms with E-state index in [9.17, 15) is 4.79 Å². The number of thioether (sulfide) groups is 1. The number of rotatable bonds is 4. The van der Waals surface area contributed by atoms with Crippen molar-refractivity contribution in [3.05, 3.63) is 47.5 Å². The van der Waals surface area contributed by atoms with Crippen molar-refractivity contribution in [1.29, 1.82) is 0 Å². The van der Waals surface area contributed by atoms with Crippen LogP contribution in [0.4, 0.5) is 5.82 Å². The van der Waals surface area contributed by atoms with Crippen LogP contribution >= 0.6 is 23.1 Å². The molecular formula is C22H21N5O2S2. The molecule has 0 aliphatic carbocycles. The van der Waals surface area contributed by atoms with Crippen LogP contribution in [-0.4, -0.2) is 37.2 Å². The number of carbonyl (C=O) groups excluding carboxylic acids is 1. The van der Waals surface area contributed by atoms with E-state index in [1.807, 2.05) is 19.1 Å². The van der Waals surface area contributed by atoms with Gasteiger partial charge in [0, 0.05) is 29.3 Å². The van der Waals surface area contributed by atoms with Gasteiger partial charge in [0.05, 0.1) is 28.2 Å². The van der Waals surface area contributed by atoms with Gasteiger partial charge in [0.2, 0.25) is 5.91 Å². The third-order valence-corrected chi connectivity index (χ3v) is 7.47. The number of fused-ring (bicyclic) bond motifs is 5. The number of aryl methyl sites for hydroxylation is 1. The van der Waals surface area contributed by atoms with Crippen molar-refractivity contribution < 1.29 is 9.53 Å².